The Morgan fingerprint density at radius 2 is 2.25 bits per heavy atom. The Morgan fingerprint density at radius 1 is 1.44 bits per heavy atom. The van der Waals surface area contributed by atoms with E-state index in [1.807, 2.05) is 12.1 Å². The average Bonchev–Trinajstić information content (AvgIpc) is 2.30. The van der Waals surface area contributed by atoms with Gasteiger partial charge < -0.3 is 4.74 Å². The maximum atomic E-state index is 11.4. The molecule has 0 saturated heterocycles. The van der Waals surface area contributed by atoms with Crippen LogP contribution in [0.2, 0.25) is 0 Å². The van der Waals surface area contributed by atoms with Crippen molar-refractivity contribution in [3.05, 3.63) is 35.4 Å². The number of hydrogen-bond acceptors (Lipinski definition) is 3. The molecule has 0 aromatic heterocycles. The molecule has 0 radical (unpaired) electrons. The molecule has 2 nitrogen and oxygen atoms in total. The van der Waals surface area contributed by atoms with Gasteiger partial charge in [0, 0.05) is 5.75 Å². The molecular weight excluding hydrogens is 220 g/mol. The van der Waals surface area contributed by atoms with Crippen LogP contribution in [0.5, 0.6) is 0 Å². The number of carbonyl (C=O) groups excluding carboxylic acids is 1. The van der Waals surface area contributed by atoms with Crippen molar-refractivity contribution in [2.45, 2.75) is 31.8 Å². The highest BCUT2D eigenvalue weighted by Gasteiger charge is 2.22. The van der Waals surface area contributed by atoms with E-state index in [0.717, 1.165) is 19.3 Å². The van der Waals surface area contributed by atoms with E-state index in [1.165, 1.54) is 11.1 Å². The summed E-state index contributed by atoms with van der Waals surface area (Å²) in [6.07, 6.45) is 3.47. The number of esters is 1. The molecule has 1 aromatic rings. The van der Waals surface area contributed by atoms with Gasteiger partial charge in [0.05, 0.1) is 6.42 Å². The van der Waals surface area contributed by atoms with Crippen LogP contribution >= 0.6 is 12.6 Å². The largest absolute Gasteiger partial charge is 0.457 e. The Bertz CT molecular complexity index is 376. The number of fused-ring (bicyclic) bond motifs is 1. The first-order valence-electron chi connectivity index (χ1n) is 5.69. The predicted octanol–water partition coefficient (Wildman–Crippen LogP) is 2.93. The van der Waals surface area contributed by atoms with E-state index in [9.17, 15) is 4.79 Å². The Balaban J connectivity index is 2.10. The molecule has 1 unspecified atom stereocenters. The summed E-state index contributed by atoms with van der Waals surface area (Å²) >= 11 is 4.03. The maximum Gasteiger partial charge on any atom is 0.307 e. The molecule has 3 heteroatoms. The minimum atomic E-state index is -0.142. The molecule has 1 atom stereocenters. The summed E-state index contributed by atoms with van der Waals surface area (Å²) in [6, 6.07) is 8.22. The molecule has 1 aliphatic carbocycles. The van der Waals surface area contributed by atoms with Crippen LogP contribution in [0.4, 0.5) is 0 Å². The van der Waals surface area contributed by atoms with Crippen LogP contribution < -0.4 is 0 Å². The third kappa shape index (κ3) is 2.59. The van der Waals surface area contributed by atoms with Crippen LogP contribution in [-0.2, 0) is 16.0 Å². The summed E-state index contributed by atoms with van der Waals surface area (Å²) in [5.41, 5.74) is 2.50. The lowest BCUT2D eigenvalue weighted by atomic mass is 9.89. The first kappa shape index (κ1) is 11.5. The van der Waals surface area contributed by atoms with Crippen molar-refractivity contribution in [2.75, 3.05) is 5.75 Å². The second-order valence-corrected chi connectivity index (χ2v) is 4.49. The third-order valence-electron chi connectivity index (χ3n) is 2.90. The van der Waals surface area contributed by atoms with Crippen molar-refractivity contribution in [1.82, 2.24) is 0 Å². The van der Waals surface area contributed by atoms with Crippen molar-refractivity contribution in [3.8, 4) is 0 Å². The number of carbonyl (C=O) groups is 1. The quantitative estimate of drug-likeness (QED) is 0.645. The van der Waals surface area contributed by atoms with Crippen LogP contribution in [0.1, 0.15) is 36.5 Å². The zero-order valence-corrected chi connectivity index (χ0v) is 10.1. The van der Waals surface area contributed by atoms with Crippen LogP contribution in [0.25, 0.3) is 0 Å². The second kappa shape index (κ2) is 5.39. The van der Waals surface area contributed by atoms with E-state index in [0.29, 0.717) is 12.2 Å². The van der Waals surface area contributed by atoms with Crippen LogP contribution in [0.15, 0.2) is 24.3 Å². The molecule has 0 heterocycles. The summed E-state index contributed by atoms with van der Waals surface area (Å²) in [5.74, 6) is 0.407. The number of thiol groups is 1. The van der Waals surface area contributed by atoms with E-state index in [-0.39, 0.29) is 12.1 Å². The molecule has 0 amide bonds. The molecule has 0 aliphatic heterocycles. The van der Waals surface area contributed by atoms with Gasteiger partial charge in [-0.2, -0.15) is 12.6 Å². The number of hydrogen-bond donors (Lipinski definition) is 1. The average molecular weight is 236 g/mol. The summed E-state index contributed by atoms with van der Waals surface area (Å²) in [5, 5.41) is 0. The number of rotatable bonds is 3. The number of aryl methyl sites for hydroxylation is 1. The van der Waals surface area contributed by atoms with Crippen molar-refractivity contribution in [3.63, 3.8) is 0 Å². The lowest BCUT2D eigenvalue weighted by Crippen LogP contribution is -2.16. The highest BCUT2D eigenvalue weighted by Crippen LogP contribution is 2.32. The number of benzene rings is 1. The van der Waals surface area contributed by atoms with E-state index in [4.69, 9.17) is 4.74 Å². The van der Waals surface area contributed by atoms with E-state index in [1.54, 1.807) is 0 Å². The van der Waals surface area contributed by atoms with E-state index >= 15 is 0 Å². The standard InChI is InChI=1S/C13H16O2S/c14-13(8-9-16)15-12-7-3-5-10-4-1-2-6-11(10)12/h1-2,4,6,12,16H,3,5,7-9H2. The Kier molecular flexibility index (Phi) is 3.88. The first-order chi connectivity index (χ1) is 7.81. The van der Waals surface area contributed by atoms with Gasteiger partial charge in [-0.25, -0.2) is 0 Å². The van der Waals surface area contributed by atoms with Crippen LogP contribution in [0, 0.1) is 0 Å². The molecule has 0 N–H and O–H groups in total. The molecule has 1 aliphatic rings. The fraction of sp³-hybridized carbons (Fsp3) is 0.462. The van der Waals surface area contributed by atoms with E-state index in [2.05, 4.69) is 24.8 Å². The summed E-state index contributed by atoms with van der Waals surface area (Å²) in [7, 11) is 0. The number of ether oxygens (including phenoxy) is 1. The molecule has 1 aromatic carbocycles. The Labute approximate surface area is 101 Å². The van der Waals surface area contributed by atoms with Crippen LogP contribution in [-0.4, -0.2) is 11.7 Å². The summed E-state index contributed by atoms with van der Waals surface area (Å²) in [4.78, 5) is 11.4. The molecule has 86 valence electrons. The second-order valence-electron chi connectivity index (χ2n) is 4.04. The van der Waals surface area contributed by atoms with Gasteiger partial charge in [0.1, 0.15) is 6.10 Å². The van der Waals surface area contributed by atoms with E-state index < -0.39 is 0 Å². The molecule has 2 rings (SSSR count). The first-order valence-corrected chi connectivity index (χ1v) is 6.32. The fourth-order valence-electron chi connectivity index (χ4n) is 2.14. The lowest BCUT2D eigenvalue weighted by Gasteiger charge is -2.25. The molecular formula is C13H16O2S. The molecule has 0 saturated carbocycles. The highest BCUT2D eigenvalue weighted by atomic mass is 32.1. The molecule has 0 bridgehead atoms. The van der Waals surface area contributed by atoms with Gasteiger partial charge in [-0.05, 0) is 30.4 Å². The minimum Gasteiger partial charge on any atom is -0.457 e. The summed E-state index contributed by atoms with van der Waals surface area (Å²) < 4.78 is 5.47. The van der Waals surface area contributed by atoms with Gasteiger partial charge >= 0.3 is 5.97 Å². The molecule has 0 spiro atoms. The van der Waals surface area contributed by atoms with Crippen molar-refractivity contribution >= 4 is 18.6 Å². The highest BCUT2D eigenvalue weighted by molar-refractivity contribution is 7.80. The van der Waals surface area contributed by atoms with Crippen molar-refractivity contribution in [2.24, 2.45) is 0 Å². The maximum absolute atomic E-state index is 11.4. The topological polar surface area (TPSA) is 26.3 Å². The zero-order chi connectivity index (χ0) is 11.4. The van der Waals surface area contributed by atoms with Gasteiger partial charge in [-0.3, -0.25) is 4.79 Å². The zero-order valence-electron chi connectivity index (χ0n) is 9.19. The summed E-state index contributed by atoms with van der Waals surface area (Å²) in [6.45, 7) is 0. The Hall–Kier alpha value is -0.960. The molecule has 0 fully saturated rings. The van der Waals surface area contributed by atoms with Crippen molar-refractivity contribution < 1.29 is 9.53 Å². The smallest absolute Gasteiger partial charge is 0.307 e. The minimum absolute atomic E-state index is 0.0441. The Morgan fingerprint density at radius 3 is 3.06 bits per heavy atom. The third-order valence-corrected chi connectivity index (χ3v) is 3.13. The van der Waals surface area contributed by atoms with Gasteiger partial charge in [0.2, 0.25) is 0 Å². The lowest BCUT2D eigenvalue weighted by molar-refractivity contribution is -0.149. The van der Waals surface area contributed by atoms with Gasteiger partial charge in [0.15, 0.2) is 0 Å². The molecule has 16 heavy (non-hydrogen) atoms. The SMILES string of the molecule is O=C(CCS)OC1CCCc2ccccc21. The fourth-order valence-corrected chi connectivity index (χ4v) is 2.32. The van der Waals surface area contributed by atoms with Crippen LogP contribution in [0.3, 0.4) is 0 Å². The predicted molar refractivity (Wildman–Crippen MR) is 66.7 cm³/mol. The van der Waals surface area contributed by atoms with Gasteiger partial charge in [0.25, 0.3) is 0 Å². The monoisotopic (exact) mass is 236 g/mol. The van der Waals surface area contributed by atoms with Crippen molar-refractivity contribution in [1.29, 1.82) is 0 Å². The van der Waals surface area contributed by atoms with Gasteiger partial charge in [-0.1, -0.05) is 24.3 Å². The normalized spacial score (nSPS) is 18.9. The van der Waals surface area contributed by atoms with Gasteiger partial charge in [-0.15, -0.1) is 0 Å².